The smallest absolute Gasteiger partial charge is 0.251 e. The number of amides is 1. The first kappa shape index (κ1) is 21.4. The summed E-state index contributed by atoms with van der Waals surface area (Å²) in [7, 11) is 5.65. The highest BCUT2D eigenvalue weighted by Gasteiger charge is 2.18. The number of benzene rings is 3. The predicted molar refractivity (Wildman–Crippen MR) is 119 cm³/mol. The van der Waals surface area contributed by atoms with E-state index in [1.165, 1.54) is 0 Å². The zero-order valence-corrected chi connectivity index (χ0v) is 17.7. The first-order valence-corrected chi connectivity index (χ1v) is 9.93. The van der Waals surface area contributed by atoms with E-state index >= 15 is 0 Å². The monoisotopic (exact) mass is 404 g/mol. The number of rotatable bonds is 9. The summed E-state index contributed by atoms with van der Waals surface area (Å²) in [6, 6.07) is 25.1. The average molecular weight is 405 g/mol. The number of carbonyl (C=O) groups excluding carboxylic acids is 1. The minimum atomic E-state index is -0.114. The third-order valence-corrected chi connectivity index (χ3v) is 4.96. The summed E-state index contributed by atoms with van der Waals surface area (Å²) in [6.45, 7) is 0.813. The fourth-order valence-electron chi connectivity index (χ4n) is 3.28. The van der Waals surface area contributed by atoms with E-state index in [2.05, 4.69) is 10.2 Å². The highest BCUT2D eigenvalue weighted by Crippen LogP contribution is 2.22. The molecule has 0 fully saturated rings. The van der Waals surface area contributed by atoms with E-state index in [9.17, 15) is 4.79 Å². The van der Waals surface area contributed by atoms with E-state index in [0.29, 0.717) is 18.7 Å². The van der Waals surface area contributed by atoms with Gasteiger partial charge in [0.1, 0.15) is 18.1 Å². The van der Waals surface area contributed by atoms with Crippen molar-refractivity contribution in [1.82, 2.24) is 10.2 Å². The molecule has 0 aliphatic heterocycles. The Bertz CT molecular complexity index is 957. The van der Waals surface area contributed by atoms with Gasteiger partial charge in [0, 0.05) is 17.7 Å². The number of nitrogens with zero attached hydrogens (tertiary/aromatic N) is 1. The normalized spacial score (nSPS) is 11.7. The van der Waals surface area contributed by atoms with Crippen molar-refractivity contribution < 1.29 is 14.3 Å². The second-order valence-electron chi connectivity index (χ2n) is 7.22. The molecule has 3 aromatic carbocycles. The molecule has 5 heteroatoms. The Morgan fingerprint density at radius 1 is 0.933 bits per heavy atom. The van der Waals surface area contributed by atoms with Crippen molar-refractivity contribution in [2.24, 2.45) is 0 Å². The summed E-state index contributed by atoms with van der Waals surface area (Å²) in [5.41, 5.74) is 2.55. The molecule has 1 unspecified atom stereocenters. The van der Waals surface area contributed by atoms with Crippen molar-refractivity contribution in [2.45, 2.75) is 12.6 Å². The van der Waals surface area contributed by atoms with Gasteiger partial charge in [-0.1, -0.05) is 48.5 Å². The van der Waals surface area contributed by atoms with Crippen LogP contribution in [0.1, 0.15) is 27.5 Å². The Balaban J connectivity index is 1.69. The molecule has 5 nitrogen and oxygen atoms in total. The molecule has 30 heavy (non-hydrogen) atoms. The largest absolute Gasteiger partial charge is 0.497 e. The second kappa shape index (κ2) is 10.5. The molecule has 1 N–H and O–H groups in total. The Hall–Kier alpha value is -3.31. The van der Waals surface area contributed by atoms with Crippen LogP contribution in [0.25, 0.3) is 0 Å². The molecular formula is C25H28N2O3. The van der Waals surface area contributed by atoms with Gasteiger partial charge in [0.25, 0.3) is 5.91 Å². The molecule has 0 heterocycles. The van der Waals surface area contributed by atoms with E-state index in [0.717, 1.165) is 22.6 Å². The average Bonchev–Trinajstić information content (AvgIpc) is 2.78. The van der Waals surface area contributed by atoms with Crippen molar-refractivity contribution >= 4 is 5.91 Å². The lowest BCUT2D eigenvalue weighted by atomic mass is 10.0. The van der Waals surface area contributed by atoms with Crippen LogP contribution >= 0.6 is 0 Å². The summed E-state index contributed by atoms with van der Waals surface area (Å²) in [5.74, 6) is 1.46. The molecule has 0 aromatic heterocycles. The molecule has 3 aromatic rings. The van der Waals surface area contributed by atoms with Gasteiger partial charge in [0.15, 0.2) is 0 Å². The summed E-state index contributed by atoms with van der Waals surface area (Å²) in [5, 5.41) is 3.08. The van der Waals surface area contributed by atoms with Crippen molar-refractivity contribution in [1.29, 1.82) is 0 Å². The maximum atomic E-state index is 12.9. The van der Waals surface area contributed by atoms with E-state index in [-0.39, 0.29) is 11.9 Å². The number of likely N-dealkylation sites (N-methyl/N-ethyl adjacent to an activating group) is 1. The van der Waals surface area contributed by atoms with Gasteiger partial charge in [-0.2, -0.15) is 0 Å². The molecule has 0 saturated heterocycles. The maximum absolute atomic E-state index is 12.9. The Morgan fingerprint density at radius 2 is 1.63 bits per heavy atom. The number of carbonyl (C=O) groups is 1. The molecule has 0 aliphatic carbocycles. The van der Waals surface area contributed by atoms with Crippen LogP contribution < -0.4 is 14.8 Å². The fraction of sp³-hybridized carbons (Fsp3) is 0.240. The van der Waals surface area contributed by atoms with Gasteiger partial charge < -0.3 is 19.7 Å². The lowest BCUT2D eigenvalue weighted by Crippen LogP contribution is -2.35. The predicted octanol–water partition coefficient (Wildman–Crippen LogP) is 4.31. The molecule has 0 bridgehead atoms. The number of nitrogens with one attached hydrogen (secondary N) is 1. The van der Waals surface area contributed by atoms with Crippen LogP contribution in [0.15, 0.2) is 78.9 Å². The Morgan fingerprint density at radius 3 is 2.37 bits per heavy atom. The fourth-order valence-corrected chi connectivity index (χ4v) is 3.28. The van der Waals surface area contributed by atoms with Gasteiger partial charge in [-0.25, -0.2) is 0 Å². The van der Waals surface area contributed by atoms with Gasteiger partial charge in [0.05, 0.1) is 13.2 Å². The molecule has 3 rings (SSSR count). The number of ether oxygens (including phenoxy) is 2. The standard InChI is InChI=1S/C25H28N2O3/c1-27(2)24(19-11-9-14-22(16-19)29-3)17-26-25(28)23-15-8-7-10-20(23)18-30-21-12-5-4-6-13-21/h4-16,24H,17-18H2,1-3H3,(H,26,28). The zero-order chi connectivity index (χ0) is 21.3. The number of methoxy groups -OCH3 is 1. The van der Waals surface area contributed by atoms with Crippen LogP contribution in [0.3, 0.4) is 0 Å². The topological polar surface area (TPSA) is 50.8 Å². The molecular weight excluding hydrogens is 376 g/mol. The lowest BCUT2D eigenvalue weighted by molar-refractivity contribution is 0.0939. The molecule has 156 valence electrons. The third-order valence-electron chi connectivity index (χ3n) is 4.96. The van der Waals surface area contributed by atoms with Gasteiger partial charge in [-0.15, -0.1) is 0 Å². The quantitative estimate of drug-likeness (QED) is 0.578. The summed E-state index contributed by atoms with van der Waals surface area (Å²) < 4.78 is 11.2. The first-order valence-electron chi connectivity index (χ1n) is 9.93. The van der Waals surface area contributed by atoms with Crippen LogP contribution in [-0.4, -0.2) is 38.6 Å². The molecule has 0 aliphatic rings. The Labute approximate surface area is 178 Å². The van der Waals surface area contributed by atoms with E-state index in [1.54, 1.807) is 7.11 Å². The Kier molecular flexibility index (Phi) is 7.46. The van der Waals surface area contributed by atoms with Crippen molar-refractivity contribution in [3.8, 4) is 11.5 Å². The molecule has 1 atom stereocenters. The van der Waals surface area contributed by atoms with E-state index < -0.39 is 0 Å². The van der Waals surface area contributed by atoms with Crippen LogP contribution in [0.2, 0.25) is 0 Å². The highest BCUT2D eigenvalue weighted by atomic mass is 16.5. The van der Waals surface area contributed by atoms with Gasteiger partial charge in [0.2, 0.25) is 0 Å². The number of para-hydroxylation sites is 1. The summed E-state index contributed by atoms with van der Waals surface area (Å²) in [4.78, 5) is 15.0. The minimum Gasteiger partial charge on any atom is -0.497 e. The van der Waals surface area contributed by atoms with Crippen LogP contribution in [0.5, 0.6) is 11.5 Å². The van der Waals surface area contributed by atoms with E-state index in [4.69, 9.17) is 9.47 Å². The van der Waals surface area contributed by atoms with E-state index in [1.807, 2.05) is 93.0 Å². The molecule has 0 radical (unpaired) electrons. The first-order chi connectivity index (χ1) is 14.6. The van der Waals surface area contributed by atoms with Crippen LogP contribution in [-0.2, 0) is 6.61 Å². The summed E-state index contributed by atoms with van der Waals surface area (Å²) >= 11 is 0. The van der Waals surface area contributed by atoms with Gasteiger partial charge >= 0.3 is 0 Å². The maximum Gasteiger partial charge on any atom is 0.251 e. The zero-order valence-electron chi connectivity index (χ0n) is 17.7. The summed E-state index contributed by atoms with van der Waals surface area (Å²) in [6.07, 6.45) is 0. The third kappa shape index (κ3) is 5.61. The SMILES string of the molecule is COc1cccc(C(CNC(=O)c2ccccc2COc2ccccc2)N(C)C)c1. The number of hydrogen-bond acceptors (Lipinski definition) is 4. The molecule has 0 spiro atoms. The minimum absolute atomic E-state index is 0.0248. The van der Waals surface area contributed by atoms with Crippen molar-refractivity contribution in [3.63, 3.8) is 0 Å². The van der Waals surface area contributed by atoms with Gasteiger partial charge in [-0.05, 0) is 50.0 Å². The lowest BCUT2D eigenvalue weighted by Gasteiger charge is -2.25. The van der Waals surface area contributed by atoms with Crippen LogP contribution in [0.4, 0.5) is 0 Å². The highest BCUT2D eigenvalue weighted by molar-refractivity contribution is 5.95. The number of hydrogen-bond donors (Lipinski definition) is 1. The molecule has 1 amide bonds. The van der Waals surface area contributed by atoms with Gasteiger partial charge in [-0.3, -0.25) is 4.79 Å². The second-order valence-corrected chi connectivity index (χ2v) is 7.22. The van der Waals surface area contributed by atoms with Crippen molar-refractivity contribution in [3.05, 3.63) is 95.6 Å². The van der Waals surface area contributed by atoms with Crippen LogP contribution in [0, 0.1) is 0 Å². The van der Waals surface area contributed by atoms with Crippen molar-refractivity contribution in [2.75, 3.05) is 27.7 Å². The molecule has 0 saturated carbocycles.